The maximum atomic E-state index is 10.8. The number of rotatable bonds is 4. The van der Waals surface area contributed by atoms with E-state index in [1.54, 1.807) is 0 Å². The summed E-state index contributed by atoms with van der Waals surface area (Å²) in [5.41, 5.74) is 4.80. The first-order valence-corrected chi connectivity index (χ1v) is 3.89. The van der Waals surface area contributed by atoms with Crippen molar-refractivity contribution in [2.45, 2.75) is 0 Å². The summed E-state index contributed by atoms with van der Waals surface area (Å²) in [6.45, 7) is 6.61. The van der Waals surface area contributed by atoms with Gasteiger partial charge >= 0.3 is 0 Å². The molecule has 0 saturated heterocycles. The Balaban J connectivity index is 3.94. The van der Waals surface area contributed by atoms with Crippen LogP contribution in [0.15, 0.2) is 24.1 Å². The summed E-state index contributed by atoms with van der Waals surface area (Å²) >= 11 is -1.38. The van der Waals surface area contributed by atoms with E-state index < -0.39 is 17.1 Å². The van der Waals surface area contributed by atoms with Gasteiger partial charge in [-0.2, -0.15) is 0 Å². The van der Waals surface area contributed by atoms with Gasteiger partial charge in [0.2, 0.25) is 4.91 Å². The molecule has 0 spiro atoms. The van der Waals surface area contributed by atoms with Gasteiger partial charge in [-0.25, -0.2) is 0 Å². The van der Waals surface area contributed by atoms with Crippen LogP contribution in [0, 0.1) is 0 Å². The Bertz CT molecular complexity index is 167. The Kier molecular flexibility index (Phi) is 3.83. The van der Waals surface area contributed by atoms with Gasteiger partial charge in [0.25, 0.3) is 5.91 Å². The largest absolute Gasteiger partial charge is 0.611 e. The molecule has 0 aliphatic heterocycles. The molecule has 0 aliphatic carbocycles. The van der Waals surface area contributed by atoms with Crippen molar-refractivity contribution in [2.75, 3.05) is 5.75 Å². The van der Waals surface area contributed by atoms with Crippen molar-refractivity contribution in [3.8, 4) is 0 Å². The van der Waals surface area contributed by atoms with E-state index in [2.05, 4.69) is 13.2 Å². The highest BCUT2D eigenvalue weighted by Gasteiger charge is 2.15. The number of primary amides is 1. The predicted molar refractivity (Wildman–Crippen MR) is 41.5 cm³/mol. The van der Waals surface area contributed by atoms with E-state index in [0.29, 0.717) is 0 Å². The standard InChI is InChI=1S/C6H9NO2S/c1-3-4-10(9)5(2)6(7)8/h3H,1-2,4H2,(H2,7,8). The van der Waals surface area contributed by atoms with Gasteiger partial charge in [-0.1, -0.05) is 6.58 Å². The average molecular weight is 159 g/mol. The van der Waals surface area contributed by atoms with Crippen LogP contribution in [0.3, 0.4) is 0 Å². The highest BCUT2D eigenvalue weighted by atomic mass is 32.2. The molecule has 0 aromatic carbocycles. The molecule has 0 aromatic rings. The smallest absolute Gasteiger partial charge is 0.296 e. The zero-order chi connectivity index (χ0) is 8.15. The number of nitrogens with two attached hydrogens (primary N) is 1. The van der Waals surface area contributed by atoms with Gasteiger partial charge < -0.3 is 10.3 Å². The second-order valence-corrected chi connectivity index (χ2v) is 3.11. The monoisotopic (exact) mass is 159 g/mol. The number of hydrogen-bond donors (Lipinski definition) is 1. The van der Waals surface area contributed by atoms with E-state index in [9.17, 15) is 9.35 Å². The molecule has 1 atom stereocenters. The van der Waals surface area contributed by atoms with Crippen molar-refractivity contribution < 1.29 is 9.35 Å². The zero-order valence-corrected chi connectivity index (χ0v) is 6.32. The van der Waals surface area contributed by atoms with Crippen molar-refractivity contribution in [3.05, 3.63) is 24.1 Å². The van der Waals surface area contributed by atoms with Gasteiger partial charge in [0.1, 0.15) is 5.75 Å². The third-order valence-corrected chi connectivity index (χ3v) is 2.11. The Labute approximate surface area is 62.8 Å². The molecule has 3 nitrogen and oxygen atoms in total. The van der Waals surface area contributed by atoms with E-state index in [0.717, 1.165) is 0 Å². The van der Waals surface area contributed by atoms with Gasteiger partial charge in [0.05, 0.1) is 0 Å². The van der Waals surface area contributed by atoms with E-state index in [-0.39, 0.29) is 10.7 Å². The maximum absolute atomic E-state index is 10.8. The van der Waals surface area contributed by atoms with Gasteiger partial charge in [0.15, 0.2) is 0 Å². The van der Waals surface area contributed by atoms with Crippen LogP contribution < -0.4 is 5.73 Å². The van der Waals surface area contributed by atoms with Crippen LogP contribution in [-0.4, -0.2) is 16.2 Å². The van der Waals surface area contributed by atoms with Crippen LogP contribution in [-0.2, 0) is 16.0 Å². The lowest BCUT2D eigenvalue weighted by atomic mass is 10.6. The summed E-state index contributed by atoms with van der Waals surface area (Å²) < 4.78 is 10.8. The van der Waals surface area contributed by atoms with Crippen LogP contribution in [0.1, 0.15) is 0 Å². The molecule has 2 N–H and O–H groups in total. The first-order chi connectivity index (χ1) is 4.59. The summed E-state index contributed by atoms with van der Waals surface area (Å²) in [5.74, 6) is -0.498. The third-order valence-electron chi connectivity index (χ3n) is 0.819. The van der Waals surface area contributed by atoms with Crippen LogP contribution in [0.2, 0.25) is 0 Å². The Morgan fingerprint density at radius 1 is 1.80 bits per heavy atom. The third kappa shape index (κ3) is 2.70. The summed E-state index contributed by atoms with van der Waals surface area (Å²) in [5, 5.41) is 0. The molecule has 0 fully saturated rings. The van der Waals surface area contributed by atoms with Crippen LogP contribution in [0.25, 0.3) is 0 Å². The zero-order valence-electron chi connectivity index (χ0n) is 5.50. The van der Waals surface area contributed by atoms with Crippen molar-refractivity contribution in [3.63, 3.8) is 0 Å². The molecule has 0 saturated carbocycles. The number of carbonyl (C=O) groups is 1. The second kappa shape index (κ2) is 4.14. The molecule has 0 rings (SSSR count). The molecule has 4 heteroatoms. The average Bonchev–Trinajstić information content (AvgIpc) is 1.87. The lowest BCUT2D eigenvalue weighted by Crippen LogP contribution is -2.21. The quantitative estimate of drug-likeness (QED) is 0.354. The van der Waals surface area contributed by atoms with E-state index in [1.165, 1.54) is 6.08 Å². The van der Waals surface area contributed by atoms with Gasteiger partial charge in [-0.3, -0.25) is 4.79 Å². The summed E-state index contributed by atoms with van der Waals surface area (Å²) in [6.07, 6.45) is 1.45. The molecule has 0 aliphatic rings. The fraction of sp³-hybridized carbons (Fsp3) is 0.167. The Morgan fingerprint density at radius 3 is 2.60 bits per heavy atom. The lowest BCUT2D eigenvalue weighted by Gasteiger charge is -2.06. The van der Waals surface area contributed by atoms with Crippen LogP contribution >= 0.6 is 0 Å². The van der Waals surface area contributed by atoms with Gasteiger partial charge in [-0.05, 0) is 23.8 Å². The van der Waals surface area contributed by atoms with Gasteiger partial charge in [0, 0.05) is 0 Å². The van der Waals surface area contributed by atoms with Crippen molar-refractivity contribution in [1.82, 2.24) is 0 Å². The van der Waals surface area contributed by atoms with Crippen LogP contribution in [0.5, 0.6) is 0 Å². The minimum atomic E-state index is -1.38. The Hall–Kier alpha value is -0.740. The molecule has 0 radical (unpaired) electrons. The van der Waals surface area contributed by atoms with Gasteiger partial charge in [-0.15, -0.1) is 0 Å². The highest BCUT2D eigenvalue weighted by molar-refractivity contribution is 7.96. The molecule has 0 heterocycles. The topological polar surface area (TPSA) is 66.2 Å². The minimum Gasteiger partial charge on any atom is -0.611 e. The molecular formula is C6H9NO2S. The predicted octanol–water partition coefficient (Wildman–Crippen LogP) is -0.0799. The first-order valence-electron chi connectivity index (χ1n) is 2.57. The lowest BCUT2D eigenvalue weighted by molar-refractivity contribution is -0.113. The van der Waals surface area contributed by atoms with E-state index >= 15 is 0 Å². The van der Waals surface area contributed by atoms with Crippen LogP contribution in [0.4, 0.5) is 0 Å². The number of amides is 1. The van der Waals surface area contributed by atoms with Crippen molar-refractivity contribution in [2.24, 2.45) is 5.73 Å². The second-order valence-electron chi connectivity index (χ2n) is 1.59. The summed E-state index contributed by atoms with van der Waals surface area (Å²) in [6, 6.07) is 0. The molecule has 0 aromatic heterocycles. The van der Waals surface area contributed by atoms with E-state index in [1.807, 2.05) is 0 Å². The molecular weight excluding hydrogens is 150 g/mol. The normalized spacial score (nSPS) is 12.1. The number of carbonyl (C=O) groups excluding carboxylic acids is 1. The maximum Gasteiger partial charge on any atom is 0.296 e. The minimum absolute atomic E-state index is 0.0556. The molecule has 1 amide bonds. The van der Waals surface area contributed by atoms with Crippen molar-refractivity contribution >= 4 is 17.1 Å². The molecule has 56 valence electrons. The SMILES string of the molecule is C=CC[S+]([O-])C(=C)C(N)=O. The van der Waals surface area contributed by atoms with Crippen molar-refractivity contribution in [1.29, 1.82) is 0 Å². The number of hydrogen-bond acceptors (Lipinski definition) is 2. The molecule has 0 bridgehead atoms. The Morgan fingerprint density at radius 2 is 2.30 bits per heavy atom. The summed E-state index contributed by atoms with van der Waals surface area (Å²) in [7, 11) is 0. The molecule has 1 unspecified atom stereocenters. The fourth-order valence-corrected chi connectivity index (χ4v) is 0.959. The first kappa shape index (κ1) is 9.26. The highest BCUT2D eigenvalue weighted by Crippen LogP contribution is 2.03. The fourth-order valence-electron chi connectivity index (χ4n) is 0.320. The van der Waals surface area contributed by atoms with E-state index in [4.69, 9.17) is 5.73 Å². The molecule has 10 heavy (non-hydrogen) atoms. The summed E-state index contributed by atoms with van der Waals surface area (Å²) in [4.78, 5) is 10.3.